The Morgan fingerprint density at radius 2 is 1.88 bits per heavy atom. The molecule has 5 heteroatoms. The van der Waals surface area contributed by atoms with Crippen LogP contribution in [0.3, 0.4) is 0 Å². The van der Waals surface area contributed by atoms with E-state index in [2.05, 4.69) is 0 Å². The highest BCUT2D eigenvalue weighted by Crippen LogP contribution is 2.40. The maximum atomic E-state index is 13.2. The molecule has 0 saturated heterocycles. The first-order chi connectivity index (χ1) is 11.8. The fourth-order valence-electron chi connectivity index (χ4n) is 2.98. The quantitative estimate of drug-likeness (QED) is 0.916. The van der Waals surface area contributed by atoms with E-state index >= 15 is 0 Å². The molecule has 1 aliphatic heterocycles. The largest absolute Gasteiger partial charge is 0.476 e. The lowest BCUT2D eigenvalue weighted by molar-refractivity contribution is -0.132. The third kappa shape index (κ3) is 3.37. The van der Waals surface area contributed by atoms with E-state index < -0.39 is 5.60 Å². The lowest BCUT2D eigenvalue weighted by atomic mass is 9.99. The molecule has 3 rings (SSSR count). The van der Waals surface area contributed by atoms with Crippen LogP contribution in [0, 0.1) is 5.82 Å². The molecule has 0 saturated carbocycles. The summed E-state index contributed by atoms with van der Waals surface area (Å²) in [5.41, 5.74) is 7.70. The van der Waals surface area contributed by atoms with Crippen LogP contribution < -0.4 is 15.4 Å². The highest BCUT2D eigenvalue weighted by Gasteiger charge is 2.41. The number of hydrogen-bond acceptors (Lipinski definition) is 3. The first-order valence-corrected chi connectivity index (χ1v) is 8.47. The van der Waals surface area contributed by atoms with Gasteiger partial charge in [-0.05, 0) is 55.7 Å². The lowest BCUT2D eigenvalue weighted by Crippen LogP contribution is -2.52. The van der Waals surface area contributed by atoms with Crippen LogP contribution in [0.25, 0.3) is 0 Å². The van der Waals surface area contributed by atoms with Crippen molar-refractivity contribution < 1.29 is 13.9 Å². The summed E-state index contributed by atoms with van der Waals surface area (Å²) in [6.45, 7) is 5.87. The summed E-state index contributed by atoms with van der Waals surface area (Å²) < 4.78 is 19.1. The second-order valence-corrected chi connectivity index (χ2v) is 6.87. The first kappa shape index (κ1) is 17.4. The number of carbonyl (C=O) groups excluding carboxylic acids is 1. The van der Waals surface area contributed by atoms with Gasteiger partial charge in [-0.2, -0.15) is 0 Å². The zero-order chi connectivity index (χ0) is 18.2. The highest BCUT2D eigenvalue weighted by atomic mass is 19.1. The minimum Gasteiger partial charge on any atom is -0.476 e. The number of nitrogens with zero attached hydrogens (tertiary/aromatic N) is 1. The Hall–Kier alpha value is -2.40. The van der Waals surface area contributed by atoms with Gasteiger partial charge in [0.15, 0.2) is 5.60 Å². The second kappa shape index (κ2) is 6.48. The molecule has 2 aromatic carbocycles. The molecule has 132 valence electrons. The first-order valence-electron chi connectivity index (χ1n) is 8.47. The molecule has 2 N–H and O–H groups in total. The zero-order valence-corrected chi connectivity index (χ0v) is 14.8. The van der Waals surface area contributed by atoms with E-state index in [1.54, 1.807) is 30.9 Å². The molecule has 0 spiro atoms. The monoisotopic (exact) mass is 342 g/mol. The molecule has 2 aromatic rings. The van der Waals surface area contributed by atoms with Crippen molar-refractivity contribution in [1.29, 1.82) is 0 Å². The fraction of sp³-hybridized carbons (Fsp3) is 0.350. The normalized spacial score (nSPS) is 17.0. The van der Waals surface area contributed by atoms with E-state index in [1.807, 2.05) is 25.1 Å². The Balaban J connectivity index is 2.03. The topological polar surface area (TPSA) is 55.6 Å². The molecule has 4 nitrogen and oxygen atoms in total. The van der Waals surface area contributed by atoms with Crippen LogP contribution in [0.2, 0.25) is 0 Å². The summed E-state index contributed by atoms with van der Waals surface area (Å²) in [5, 5.41) is 0. The van der Waals surface area contributed by atoms with Gasteiger partial charge < -0.3 is 15.4 Å². The number of nitrogens with two attached hydrogens (primary N) is 1. The van der Waals surface area contributed by atoms with Crippen molar-refractivity contribution in [3.8, 4) is 5.75 Å². The van der Waals surface area contributed by atoms with Gasteiger partial charge in [0.25, 0.3) is 5.91 Å². The summed E-state index contributed by atoms with van der Waals surface area (Å²) in [5.74, 6) is 0.222. The van der Waals surface area contributed by atoms with Crippen LogP contribution in [0.4, 0.5) is 10.1 Å². The average Bonchev–Trinajstić information content (AvgIpc) is 2.59. The molecule has 1 unspecified atom stereocenters. The van der Waals surface area contributed by atoms with Crippen molar-refractivity contribution in [3.63, 3.8) is 0 Å². The van der Waals surface area contributed by atoms with Crippen molar-refractivity contribution in [2.24, 2.45) is 5.73 Å². The maximum absolute atomic E-state index is 13.2. The van der Waals surface area contributed by atoms with Crippen molar-refractivity contribution in [2.75, 3.05) is 4.90 Å². The van der Waals surface area contributed by atoms with Gasteiger partial charge in [0.1, 0.15) is 11.6 Å². The van der Waals surface area contributed by atoms with Crippen LogP contribution in [0.1, 0.15) is 44.4 Å². The van der Waals surface area contributed by atoms with Crippen molar-refractivity contribution >= 4 is 11.6 Å². The minimum atomic E-state index is -0.957. The molecule has 0 aromatic heterocycles. The highest BCUT2D eigenvalue weighted by molar-refractivity contribution is 6.02. The molecule has 1 aliphatic rings. The molecule has 0 aliphatic carbocycles. The Morgan fingerprint density at radius 1 is 1.20 bits per heavy atom. The molecule has 1 amide bonds. The van der Waals surface area contributed by atoms with Crippen LogP contribution in [-0.2, 0) is 11.3 Å². The number of benzene rings is 2. The number of rotatable bonds is 4. The van der Waals surface area contributed by atoms with Gasteiger partial charge in [0.05, 0.1) is 12.2 Å². The van der Waals surface area contributed by atoms with Crippen molar-refractivity contribution in [3.05, 3.63) is 59.4 Å². The maximum Gasteiger partial charge on any atom is 0.271 e. The Morgan fingerprint density at radius 3 is 2.52 bits per heavy atom. The number of amides is 1. The van der Waals surface area contributed by atoms with Gasteiger partial charge in [0, 0.05) is 6.04 Å². The van der Waals surface area contributed by atoms with Gasteiger partial charge >= 0.3 is 0 Å². The van der Waals surface area contributed by atoms with Gasteiger partial charge in [-0.1, -0.05) is 25.1 Å². The second-order valence-electron chi connectivity index (χ2n) is 6.87. The van der Waals surface area contributed by atoms with Crippen LogP contribution >= 0.6 is 0 Å². The molecule has 25 heavy (non-hydrogen) atoms. The van der Waals surface area contributed by atoms with Gasteiger partial charge in [-0.15, -0.1) is 0 Å². The number of ether oxygens (including phenoxy) is 1. The predicted octanol–water partition coefficient (Wildman–Crippen LogP) is 3.94. The van der Waals surface area contributed by atoms with Gasteiger partial charge in [-0.25, -0.2) is 4.39 Å². The van der Waals surface area contributed by atoms with E-state index in [-0.39, 0.29) is 17.8 Å². The standard InChI is InChI=1S/C20H23FN2O2/c1-4-16(22)14-7-10-18-17(11-14)23(19(24)20(2,3)25-18)12-13-5-8-15(21)9-6-13/h5-11,16H,4,12,22H2,1-3H3. The van der Waals surface area contributed by atoms with Crippen LogP contribution in [0.15, 0.2) is 42.5 Å². The Kier molecular flexibility index (Phi) is 4.52. The van der Waals surface area contributed by atoms with E-state index in [0.717, 1.165) is 17.5 Å². The molecule has 0 radical (unpaired) electrons. The Labute approximate surface area is 147 Å². The van der Waals surface area contributed by atoms with E-state index in [9.17, 15) is 9.18 Å². The number of carbonyl (C=O) groups is 1. The zero-order valence-electron chi connectivity index (χ0n) is 14.8. The molecule has 1 atom stereocenters. The van der Waals surface area contributed by atoms with E-state index in [0.29, 0.717) is 18.0 Å². The third-order valence-electron chi connectivity index (χ3n) is 4.52. The summed E-state index contributed by atoms with van der Waals surface area (Å²) in [6, 6.07) is 11.8. The summed E-state index contributed by atoms with van der Waals surface area (Å²) in [6.07, 6.45) is 0.803. The number of anilines is 1. The molecule has 1 heterocycles. The number of fused-ring (bicyclic) bond motifs is 1. The van der Waals surface area contributed by atoms with Crippen LogP contribution in [0.5, 0.6) is 5.75 Å². The molecular weight excluding hydrogens is 319 g/mol. The van der Waals surface area contributed by atoms with E-state index in [1.165, 1.54) is 12.1 Å². The molecular formula is C20H23FN2O2. The Bertz CT molecular complexity index is 787. The van der Waals surface area contributed by atoms with E-state index in [4.69, 9.17) is 10.5 Å². The van der Waals surface area contributed by atoms with Crippen molar-refractivity contribution in [1.82, 2.24) is 0 Å². The lowest BCUT2D eigenvalue weighted by Gasteiger charge is -2.39. The predicted molar refractivity (Wildman–Crippen MR) is 96.0 cm³/mol. The van der Waals surface area contributed by atoms with Gasteiger partial charge in [-0.3, -0.25) is 4.79 Å². The number of halogens is 1. The van der Waals surface area contributed by atoms with Gasteiger partial charge in [0.2, 0.25) is 0 Å². The van der Waals surface area contributed by atoms with Crippen molar-refractivity contribution in [2.45, 2.75) is 45.4 Å². The smallest absolute Gasteiger partial charge is 0.271 e. The average molecular weight is 342 g/mol. The van der Waals surface area contributed by atoms with Crippen LogP contribution in [-0.4, -0.2) is 11.5 Å². The molecule has 0 bridgehead atoms. The SMILES string of the molecule is CCC(N)c1ccc2c(c1)N(Cc1ccc(F)cc1)C(=O)C(C)(C)O2. The summed E-state index contributed by atoms with van der Waals surface area (Å²) in [7, 11) is 0. The summed E-state index contributed by atoms with van der Waals surface area (Å²) >= 11 is 0. The fourth-order valence-corrected chi connectivity index (χ4v) is 2.98. The number of hydrogen-bond donors (Lipinski definition) is 1. The third-order valence-corrected chi connectivity index (χ3v) is 4.52. The molecule has 0 fully saturated rings. The summed E-state index contributed by atoms with van der Waals surface area (Å²) in [4.78, 5) is 14.6. The minimum absolute atomic E-state index is 0.0944.